The number of nitrogens with two attached hydrogens (primary N) is 1. The minimum Gasteiger partial charge on any atom is -0.399 e. The number of fused-ring (bicyclic) bond motifs is 1. The summed E-state index contributed by atoms with van der Waals surface area (Å²) in [7, 11) is -3.33. The van der Waals surface area contributed by atoms with Crippen LogP contribution in [-0.2, 0) is 28.4 Å². The first-order chi connectivity index (χ1) is 9.95. The number of hydrogen-bond acceptors (Lipinski definition) is 3. The predicted octanol–water partition coefficient (Wildman–Crippen LogP) is 3.04. The molecule has 1 aliphatic carbocycles. The van der Waals surface area contributed by atoms with Crippen molar-refractivity contribution in [3.05, 3.63) is 58.7 Å². The van der Waals surface area contributed by atoms with Gasteiger partial charge in [-0.3, -0.25) is 0 Å². The fraction of sp³-hybridized carbons (Fsp3) is 0.294. The molecule has 0 saturated heterocycles. The summed E-state index contributed by atoms with van der Waals surface area (Å²) in [6.07, 6.45) is 3.34. The molecule has 1 aliphatic rings. The minimum atomic E-state index is -3.33. The molecule has 0 bridgehead atoms. The van der Waals surface area contributed by atoms with Gasteiger partial charge in [0.2, 0.25) is 0 Å². The Morgan fingerprint density at radius 3 is 2.57 bits per heavy atom. The highest BCUT2D eigenvalue weighted by Crippen LogP contribution is 2.26. The van der Waals surface area contributed by atoms with Crippen molar-refractivity contribution in [3.8, 4) is 0 Å². The molecule has 4 heteroatoms. The summed E-state index contributed by atoms with van der Waals surface area (Å²) in [5.41, 5.74) is 10.5. The van der Waals surface area contributed by atoms with Gasteiger partial charge < -0.3 is 5.73 Å². The van der Waals surface area contributed by atoms with E-state index in [2.05, 4.69) is 6.07 Å². The van der Waals surface area contributed by atoms with E-state index >= 15 is 0 Å². The van der Waals surface area contributed by atoms with Crippen LogP contribution < -0.4 is 5.73 Å². The van der Waals surface area contributed by atoms with Gasteiger partial charge in [0.25, 0.3) is 0 Å². The van der Waals surface area contributed by atoms with Gasteiger partial charge in [-0.05, 0) is 66.6 Å². The van der Waals surface area contributed by atoms with Crippen LogP contribution >= 0.6 is 0 Å². The van der Waals surface area contributed by atoms with Crippen LogP contribution in [0.2, 0.25) is 0 Å². The fourth-order valence-electron chi connectivity index (χ4n) is 3.03. The lowest BCUT2D eigenvalue weighted by Crippen LogP contribution is -2.07. The molecule has 0 radical (unpaired) electrons. The van der Waals surface area contributed by atoms with Gasteiger partial charge in [0, 0.05) is 5.69 Å². The second kappa shape index (κ2) is 5.19. The molecule has 21 heavy (non-hydrogen) atoms. The Hall–Kier alpha value is -1.81. The smallest absolute Gasteiger partial charge is 0.182 e. The Labute approximate surface area is 125 Å². The molecule has 2 aromatic carbocycles. The summed E-state index contributed by atoms with van der Waals surface area (Å²) in [5.74, 6) is 0.0467. The van der Waals surface area contributed by atoms with E-state index in [1.807, 2.05) is 12.1 Å². The number of hydrogen-bond donors (Lipinski definition) is 1. The van der Waals surface area contributed by atoms with E-state index in [1.54, 1.807) is 25.1 Å². The van der Waals surface area contributed by atoms with Crippen molar-refractivity contribution in [1.29, 1.82) is 0 Å². The monoisotopic (exact) mass is 301 g/mol. The Balaban J connectivity index is 1.92. The molecule has 0 saturated carbocycles. The van der Waals surface area contributed by atoms with Crippen LogP contribution in [-0.4, -0.2) is 8.42 Å². The van der Waals surface area contributed by atoms with Crippen molar-refractivity contribution in [2.75, 3.05) is 5.73 Å². The fourth-order valence-corrected chi connectivity index (χ4v) is 4.63. The molecule has 0 amide bonds. The highest BCUT2D eigenvalue weighted by atomic mass is 32.2. The second-order valence-corrected chi connectivity index (χ2v) is 7.70. The van der Waals surface area contributed by atoms with Crippen LogP contribution in [0.3, 0.4) is 0 Å². The molecular formula is C17H19NO2S. The zero-order valence-corrected chi connectivity index (χ0v) is 12.9. The van der Waals surface area contributed by atoms with Gasteiger partial charge in [0.05, 0.1) is 10.6 Å². The first-order valence-corrected chi connectivity index (χ1v) is 8.80. The first kappa shape index (κ1) is 14.1. The zero-order valence-electron chi connectivity index (χ0n) is 12.1. The molecule has 0 fully saturated rings. The lowest BCUT2D eigenvalue weighted by Gasteiger charge is -2.10. The standard InChI is InChI=1S/C17H19NO2S/c1-12-9-16(18)7-8-17(12)21(19,20)11-13-5-6-14-3-2-4-15(14)10-13/h5-10H,2-4,11,18H2,1H3. The zero-order chi connectivity index (χ0) is 15.0. The first-order valence-electron chi connectivity index (χ1n) is 7.15. The topological polar surface area (TPSA) is 60.2 Å². The summed E-state index contributed by atoms with van der Waals surface area (Å²) >= 11 is 0. The summed E-state index contributed by atoms with van der Waals surface area (Å²) in [4.78, 5) is 0.372. The summed E-state index contributed by atoms with van der Waals surface area (Å²) < 4.78 is 25.2. The van der Waals surface area contributed by atoms with E-state index in [0.717, 1.165) is 18.4 Å². The van der Waals surface area contributed by atoms with Crippen molar-refractivity contribution < 1.29 is 8.42 Å². The lowest BCUT2D eigenvalue weighted by atomic mass is 10.1. The lowest BCUT2D eigenvalue weighted by molar-refractivity contribution is 0.594. The van der Waals surface area contributed by atoms with Crippen LogP contribution in [0, 0.1) is 6.92 Å². The molecular weight excluding hydrogens is 282 g/mol. The van der Waals surface area contributed by atoms with Gasteiger partial charge in [0.1, 0.15) is 0 Å². The van der Waals surface area contributed by atoms with Crippen molar-refractivity contribution in [1.82, 2.24) is 0 Å². The normalized spacial score (nSPS) is 14.1. The molecule has 0 aliphatic heterocycles. The molecule has 2 N–H and O–H groups in total. The van der Waals surface area contributed by atoms with Crippen molar-refractivity contribution in [3.63, 3.8) is 0 Å². The molecule has 0 atom stereocenters. The second-order valence-electron chi connectivity index (χ2n) is 5.74. The van der Waals surface area contributed by atoms with Crippen molar-refractivity contribution in [2.24, 2.45) is 0 Å². The van der Waals surface area contributed by atoms with Crippen molar-refractivity contribution in [2.45, 2.75) is 36.8 Å². The third-order valence-electron chi connectivity index (χ3n) is 4.05. The maximum absolute atomic E-state index is 12.6. The molecule has 0 heterocycles. The van der Waals surface area contributed by atoms with E-state index in [0.29, 0.717) is 16.1 Å². The summed E-state index contributed by atoms with van der Waals surface area (Å²) in [6, 6.07) is 11.0. The Bertz CT molecular complexity index is 794. The largest absolute Gasteiger partial charge is 0.399 e. The third kappa shape index (κ3) is 2.81. The predicted molar refractivity (Wildman–Crippen MR) is 84.9 cm³/mol. The molecule has 0 aromatic heterocycles. The summed E-state index contributed by atoms with van der Waals surface area (Å²) in [5, 5.41) is 0. The maximum atomic E-state index is 12.6. The van der Waals surface area contributed by atoms with E-state index in [-0.39, 0.29) is 5.75 Å². The van der Waals surface area contributed by atoms with Crippen LogP contribution in [0.15, 0.2) is 41.3 Å². The van der Waals surface area contributed by atoms with Crippen LogP contribution in [0.1, 0.15) is 28.7 Å². The molecule has 0 spiro atoms. The van der Waals surface area contributed by atoms with E-state index in [9.17, 15) is 8.42 Å². The van der Waals surface area contributed by atoms with Crippen LogP contribution in [0.25, 0.3) is 0 Å². The van der Waals surface area contributed by atoms with Gasteiger partial charge in [-0.15, -0.1) is 0 Å². The van der Waals surface area contributed by atoms with Crippen LogP contribution in [0.5, 0.6) is 0 Å². The third-order valence-corrected chi connectivity index (χ3v) is 5.90. The number of anilines is 1. The van der Waals surface area contributed by atoms with Crippen molar-refractivity contribution >= 4 is 15.5 Å². The van der Waals surface area contributed by atoms with Gasteiger partial charge in [-0.25, -0.2) is 8.42 Å². The van der Waals surface area contributed by atoms with Gasteiger partial charge >= 0.3 is 0 Å². The summed E-state index contributed by atoms with van der Waals surface area (Å²) in [6.45, 7) is 1.78. The molecule has 110 valence electrons. The van der Waals surface area contributed by atoms with Gasteiger partial charge in [0.15, 0.2) is 9.84 Å². The van der Waals surface area contributed by atoms with Crippen LogP contribution in [0.4, 0.5) is 5.69 Å². The van der Waals surface area contributed by atoms with Gasteiger partial charge in [-0.2, -0.15) is 0 Å². The molecule has 2 aromatic rings. The molecule has 3 nitrogen and oxygen atoms in total. The van der Waals surface area contributed by atoms with Gasteiger partial charge in [-0.1, -0.05) is 18.2 Å². The van der Waals surface area contributed by atoms with E-state index < -0.39 is 9.84 Å². The van der Waals surface area contributed by atoms with E-state index in [1.165, 1.54) is 17.5 Å². The SMILES string of the molecule is Cc1cc(N)ccc1S(=O)(=O)Cc1ccc2c(c1)CCC2. The highest BCUT2D eigenvalue weighted by molar-refractivity contribution is 7.90. The molecule has 3 rings (SSSR count). The quantitative estimate of drug-likeness (QED) is 0.886. The number of sulfone groups is 1. The average Bonchev–Trinajstić information content (AvgIpc) is 2.85. The van der Waals surface area contributed by atoms with E-state index in [4.69, 9.17) is 5.73 Å². The highest BCUT2D eigenvalue weighted by Gasteiger charge is 2.19. The Morgan fingerprint density at radius 2 is 1.81 bits per heavy atom. The Morgan fingerprint density at radius 1 is 1.05 bits per heavy atom. The number of rotatable bonds is 3. The number of benzene rings is 2. The average molecular weight is 301 g/mol. The maximum Gasteiger partial charge on any atom is 0.182 e. The Kier molecular flexibility index (Phi) is 3.49. The number of nitrogen functional groups attached to an aromatic ring is 1. The molecule has 0 unspecified atom stereocenters. The number of aryl methyl sites for hydroxylation is 3. The minimum absolute atomic E-state index is 0.0467.